The van der Waals surface area contributed by atoms with E-state index in [1.807, 2.05) is 24.3 Å². The van der Waals surface area contributed by atoms with Crippen molar-refractivity contribution in [2.45, 2.75) is 39.4 Å². The molecule has 8 heteroatoms. The first-order valence-electron chi connectivity index (χ1n) is 7.58. The van der Waals surface area contributed by atoms with Crippen LogP contribution in [-0.2, 0) is 17.9 Å². The van der Waals surface area contributed by atoms with Crippen LogP contribution in [0.15, 0.2) is 30.6 Å². The smallest absolute Gasteiger partial charge is 0.222 e. The van der Waals surface area contributed by atoms with Gasteiger partial charge in [0.15, 0.2) is 0 Å². The Kier molecular flexibility index (Phi) is 4.31. The molecule has 8 nitrogen and oxygen atoms in total. The molecule has 0 aliphatic carbocycles. The van der Waals surface area contributed by atoms with E-state index in [0.29, 0.717) is 19.5 Å². The van der Waals surface area contributed by atoms with Crippen LogP contribution in [0.2, 0.25) is 0 Å². The van der Waals surface area contributed by atoms with Gasteiger partial charge in [0.05, 0.1) is 24.1 Å². The highest BCUT2D eigenvalue weighted by atomic mass is 16.1. The van der Waals surface area contributed by atoms with Crippen molar-refractivity contribution < 1.29 is 4.79 Å². The number of hydrogen-bond donors (Lipinski definition) is 1. The maximum absolute atomic E-state index is 12.0. The summed E-state index contributed by atoms with van der Waals surface area (Å²) in [7, 11) is 0. The van der Waals surface area contributed by atoms with E-state index in [4.69, 9.17) is 0 Å². The van der Waals surface area contributed by atoms with Crippen LogP contribution in [0, 0.1) is 0 Å². The van der Waals surface area contributed by atoms with Gasteiger partial charge in [-0.25, -0.2) is 9.67 Å². The second kappa shape index (κ2) is 6.55. The van der Waals surface area contributed by atoms with Crippen LogP contribution in [0.4, 0.5) is 0 Å². The third kappa shape index (κ3) is 3.36. The van der Waals surface area contributed by atoms with Crippen molar-refractivity contribution in [1.82, 2.24) is 35.1 Å². The summed E-state index contributed by atoms with van der Waals surface area (Å²) in [5, 5.41) is 13.7. The minimum absolute atomic E-state index is 0.0529. The van der Waals surface area contributed by atoms with Gasteiger partial charge in [0, 0.05) is 12.5 Å². The molecule has 0 atom stereocenters. The highest BCUT2D eigenvalue weighted by molar-refractivity contribution is 5.77. The van der Waals surface area contributed by atoms with Crippen LogP contribution >= 0.6 is 0 Å². The van der Waals surface area contributed by atoms with Crippen LogP contribution in [0.25, 0.3) is 11.0 Å². The lowest BCUT2D eigenvalue weighted by atomic mass is 10.3. The summed E-state index contributed by atoms with van der Waals surface area (Å²) in [5.41, 5.74) is 2.03. The lowest BCUT2D eigenvalue weighted by Crippen LogP contribution is -2.26. The number of para-hydroxylation sites is 2. The van der Waals surface area contributed by atoms with Crippen LogP contribution in [0.5, 0.6) is 0 Å². The van der Waals surface area contributed by atoms with Gasteiger partial charge in [-0.3, -0.25) is 4.79 Å². The van der Waals surface area contributed by atoms with Crippen molar-refractivity contribution in [2.24, 2.45) is 0 Å². The van der Waals surface area contributed by atoms with Gasteiger partial charge in [0.1, 0.15) is 12.2 Å². The molecule has 0 spiro atoms. The van der Waals surface area contributed by atoms with Gasteiger partial charge in [-0.15, -0.1) is 5.10 Å². The Hall–Kier alpha value is -2.77. The quantitative estimate of drug-likeness (QED) is 0.741. The van der Waals surface area contributed by atoms with Crippen LogP contribution in [0.3, 0.4) is 0 Å². The first-order valence-corrected chi connectivity index (χ1v) is 7.58. The molecule has 2 aromatic heterocycles. The van der Waals surface area contributed by atoms with Crippen LogP contribution in [-0.4, -0.2) is 35.7 Å². The molecule has 120 valence electrons. The largest absolute Gasteiger partial charge is 0.349 e. The van der Waals surface area contributed by atoms with Crippen molar-refractivity contribution in [2.75, 3.05) is 0 Å². The maximum Gasteiger partial charge on any atom is 0.222 e. The third-order valence-electron chi connectivity index (χ3n) is 3.59. The first kappa shape index (κ1) is 15.1. The minimum atomic E-state index is -0.0529. The molecule has 0 bridgehead atoms. The highest BCUT2D eigenvalue weighted by Crippen LogP contribution is 2.20. The standard InChI is InChI=1S/C15H19N7O/c1-11(2)22-13-6-4-3-5-12(13)18-14(22)9-16-15(23)7-8-21-10-17-19-20-21/h3-6,10-11H,7-9H2,1-2H3,(H,16,23). The molecule has 3 rings (SSSR count). The van der Waals surface area contributed by atoms with E-state index in [0.717, 1.165) is 16.9 Å². The summed E-state index contributed by atoms with van der Waals surface area (Å²) in [4.78, 5) is 16.6. The predicted molar refractivity (Wildman–Crippen MR) is 84.4 cm³/mol. The number of imidazole rings is 1. The van der Waals surface area contributed by atoms with Crippen LogP contribution < -0.4 is 5.32 Å². The number of benzene rings is 1. The Bertz CT molecular complexity index is 791. The van der Waals surface area contributed by atoms with Crippen molar-refractivity contribution in [3.8, 4) is 0 Å². The summed E-state index contributed by atoms with van der Waals surface area (Å²) < 4.78 is 3.68. The van der Waals surface area contributed by atoms with Crippen molar-refractivity contribution in [1.29, 1.82) is 0 Å². The molecule has 0 radical (unpaired) electrons. The Morgan fingerprint density at radius 3 is 2.87 bits per heavy atom. The zero-order chi connectivity index (χ0) is 16.2. The Balaban J connectivity index is 1.66. The lowest BCUT2D eigenvalue weighted by molar-refractivity contribution is -0.121. The Labute approximate surface area is 133 Å². The molecule has 0 fully saturated rings. The molecule has 1 aromatic carbocycles. The summed E-state index contributed by atoms with van der Waals surface area (Å²) in [6.45, 7) is 5.08. The maximum atomic E-state index is 12.0. The zero-order valence-corrected chi connectivity index (χ0v) is 13.2. The molecule has 0 unspecified atom stereocenters. The number of aromatic nitrogens is 6. The first-order chi connectivity index (χ1) is 11.1. The molecule has 0 saturated carbocycles. The topological polar surface area (TPSA) is 90.5 Å². The van der Waals surface area contributed by atoms with Gasteiger partial charge in [-0.2, -0.15) is 0 Å². The monoisotopic (exact) mass is 313 g/mol. The average Bonchev–Trinajstić information content (AvgIpc) is 3.17. The number of nitrogens with zero attached hydrogens (tertiary/aromatic N) is 6. The Morgan fingerprint density at radius 2 is 2.13 bits per heavy atom. The summed E-state index contributed by atoms with van der Waals surface area (Å²) >= 11 is 0. The summed E-state index contributed by atoms with van der Waals surface area (Å²) in [6, 6.07) is 8.27. The molecule has 0 aliphatic heterocycles. The van der Waals surface area contributed by atoms with E-state index in [1.165, 1.54) is 11.0 Å². The van der Waals surface area contributed by atoms with Crippen LogP contribution in [0.1, 0.15) is 32.1 Å². The molecule has 2 heterocycles. The van der Waals surface area contributed by atoms with Gasteiger partial charge in [0.25, 0.3) is 0 Å². The van der Waals surface area contributed by atoms with Gasteiger partial charge >= 0.3 is 0 Å². The van der Waals surface area contributed by atoms with E-state index < -0.39 is 0 Å². The molecule has 23 heavy (non-hydrogen) atoms. The molecular weight excluding hydrogens is 294 g/mol. The number of nitrogens with one attached hydrogen (secondary N) is 1. The van der Waals surface area contributed by atoms with Gasteiger partial charge in [-0.05, 0) is 36.4 Å². The number of rotatable bonds is 6. The summed E-state index contributed by atoms with van der Waals surface area (Å²) in [6.07, 6.45) is 1.82. The number of hydrogen-bond acceptors (Lipinski definition) is 5. The fraction of sp³-hybridized carbons (Fsp3) is 0.400. The van der Waals surface area contributed by atoms with E-state index >= 15 is 0 Å². The second-order valence-electron chi connectivity index (χ2n) is 5.58. The van der Waals surface area contributed by atoms with E-state index in [-0.39, 0.29) is 11.9 Å². The molecule has 3 aromatic rings. The third-order valence-corrected chi connectivity index (χ3v) is 3.59. The van der Waals surface area contributed by atoms with Gasteiger partial charge < -0.3 is 9.88 Å². The fourth-order valence-electron chi connectivity index (χ4n) is 2.56. The molecular formula is C15H19N7O. The molecule has 0 saturated heterocycles. The van der Waals surface area contributed by atoms with Crippen molar-refractivity contribution >= 4 is 16.9 Å². The highest BCUT2D eigenvalue weighted by Gasteiger charge is 2.13. The van der Waals surface area contributed by atoms with E-state index in [9.17, 15) is 4.79 Å². The van der Waals surface area contributed by atoms with Crippen molar-refractivity contribution in [3.63, 3.8) is 0 Å². The normalized spacial score (nSPS) is 11.3. The summed E-state index contributed by atoms with van der Waals surface area (Å²) in [5.74, 6) is 0.805. The zero-order valence-electron chi connectivity index (χ0n) is 13.2. The fourth-order valence-corrected chi connectivity index (χ4v) is 2.56. The number of aryl methyl sites for hydroxylation is 1. The van der Waals surface area contributed by atoms with Crippen molar-refractivity contribution in [3.05, 3.63) is 36.4 Å². The average molecular weight is 313 g/mol. The molecule has 1 N–H and O–H groups in total. The second-order valence-corrected chi connectivity index (χ2v) is 5.58. The SMILES string of the molecule is CC(C)n1c(CNC(=O)CCn2cnnn2)nc2ccccc21. The van der Waals surface area contributed by atoms with Gasteiger partial charge in [-0.1, -0.05) is 12.1 Å². The number of carbonyl (C=O) groups is 1. The number of amides is 1. The number of carbonyl (C=O) groups excluding carboxylic acids is 1. The van der Waals surface area contributed by atoms with E-state index in [1.54, 1.807) is 0 Å². The predicted octanol–water partition coefficient (Wildman–Crippen LogP) is 1.31. The van der Waals surface area contributed by atoms with Gasteiger partial charge in [0.2, 0.25) is 5.91 Å². The lowest BCUT2D eigenvalue weighted by Gasteiger charge is -2.13. The number of fused-ring (bicyclic) bond motifs is 1. The molecule has 1 amide bonds. The van der Waals surface area contributed by atoms with E-state index in [2.05, 4.69) is 44.2 Å². The molecule has 0 aliphatic rings. The minimum Gasteiger partial charge on any atom is -0.349 e. The number of tetrazole rings is 1. The Morgan fingerprint density at radius 1 is 1.30 bits per heavy atom.